The molecular weight excluding hydrogens is 239 g/mol. The van der Waals surface area contributed by atoms with Gasteiger partial charge in [0, 0.05) is 19.8 Å². The van der Waals surface area contributed by atoms with Crippen molar-refractivity contribution < 1.29 is 22.7 Å². The van der Waals surface area contributed by atoms with Gasteiger partial charge in [-0.1, -0.05) is 0 Å². The third kappa shape index (κ3) is 4.78. The van der Waals surface area contributed by atoms with Gasteiger partial charge in [0.1, 0.15) is 6.54 Å². The van der Waals surface area contributed by atoms with Crippen molar-refractivity contribution in [1.82, 2.24) is 10.6 Å². The van der Waals surface area contributed by atoms with Crippen molar-refractivity contribution in [2.45, 2.75) is 24.6 Å². The minimum Gasteiger partial charge on any atom is -0.381 e. The second kappa shape index (κ2) is 5.54. The SMILES string of the molecule is NCC1(NC(=O)NCC(F)(F)F)CCOCC1. The minimum absolute atomic E-state index is 0.176. The van der Waals surface area contributed by atoms with Crippen LogP contribution in [0.3, 0.4) is 0 Å². The highest BCUT2D eigenvalue weighted by Gasteiger charge is 2.34. The summed E-state index contributed by atoms with van der Waals surface area (Å²) < 4.78 is 40.8. The number of nitrogens with two attached hydrogens (primary N) is 1. The molecule has 1 aliphatic heterocycles. The number of urea groups is 1. The molecule has 0 unspecified atom stereocenters. The van der Waals surface area contributed by atoms with Crippen LogP contribution in [-0.4, -0.2) is 44.0 Å². The zero-order chi connectivity index (χ0) is 12.9. The number of hydrogen-bond donors (Lipinski definition) is 3. The van der Waals surface area contributed by atoms with Crippen LogP contribution in [0.1, 0.15) is 12.8 Å². The Hall–Kier alpha value is -1.02. The number of nitrogens with one attached hydrogen (secondary N) is 2. The summed E-state index contributed by atoms with van der Waals surface area (Å²) in [4.78, 5) is 11.3. The molecule has 0 aromatic rings. The van der Waals surface area contributed by atoms with E-state index in [0.717, 1.165) is 0 Å². The molecule has 0 atom stereocenters. The maximum Gasteiger partial charge on any atom is 0.405 e. The lowest BCUT2D eigenvalue weighted by atomic mass is 9.90. The number of amides is 2. The highest BCUT2D eigenvalue weighted by Crippen LogP contribution is 2.19. The summed E-state index contributed by atoms with van der Waals surface area (Å²) in [6.07, 6.45) is -3.41. The van der Waals surface area contributed by atoms with E-state index in [9.17, 15) is 18.0 Å². The van der Waals surface area contributed by atoms with Crippen molar-refractivity contribution in [3.8, 4) is 0 Å². The molecule has 0 spiro atoms. The average molecular weight is 255 g/mol. The highest BCUT2D eigenvalue weighted by atomic mass is 19.4. The molecule has 1 rings (SSSR count). The second-order valence-electron chi connectivity index (χ2n) is 4.02. The number of alkyl halides is 3. The Balaban J connectivity index is 2.42. The average Bonchev–Trinajstić information content (AvgIpc) is 2.27. The third-order valence-electron chi connectivity index (χ3n) is 2.67. The summed E-state index contributed by atoms with van der Waals surface area (Å²) in [6, 6.07) is -0.852. The molecule has 17 heavy (non-hydrogen) atoms. The van der Waals surface area contributed by atoms with Crippen molar-refractivity contribution in [2.24, 2.45) is 5.73 Å². The number of carbonyl (C=O) groups excluding carboxylic acids is 1. The topological polar surface area (TPSA) is 76.4 Å². The smallest absolute Gasteiger partial charge is 0.381 e. The van der Waals surface area contributed by atoms with Crippen molar-refractivity contribution in [1.29, 1.82) is 0 Å². The lowest BCUT2D eigenvalue weighted by molar-refractivity contribution is -0.122. The van der Waals surface area contributed by atoms with Crippen molar-refractivity contribution in [3.05, 3.63) is 0 Å². The molecule has 100 valence electrons. The first kappa shape index (κ1) is 14.0. The maximum absolute atomic E-state index is 11.9. The Labute approximate surface area is 96.9 Å². The number of ether oxygens (including phenoxy) is 1. The Morgan fingerprint density at radius 1 is 1.35 bits per heavy atom. The Bertz CT molecular complexity index is 265. The largest absolute Gasteiger partial charge is 0.405 e. The van der Waals surface area contributed by atoms with Crippen LogP contribution in [0.4, 0.5) is 18.0 Å². The minimum atomic E-state index is -4.41. The van der Waals surface area contributed by atoms with Gasteiger partial charge in [-0.3, -0.25) is 0 Å². The summed E-state index contributed by atoms with van der Waals surface area (Å²) in [7, 11) is 0. The van der Waals surface area contributed by atoms with E-state index in [4.69, 9.17) is 10.5 Å². The first-order valence-corrected chi connectivity index (χ1v) is 5.27. The van der Waals surface area contributed by atoms with Gasteiger partial charge in [-0.15, -0.1) is 0 Å². The molecule has 0 aromatic heterocycles. The molecule has 0 saturated carbocycles. The molecule has 2 amide bonds. The summed E-state index contributed by atoms with van der Waals surface area (Å²) in [5.41, 5.74) is 4.89. The Morgan fingerprint density at radius 2 is 1.94 bits per heavy atom. The quantitative estimate of drug-likeness (QED) is 0.681. The standard InChI is InChI=1S/C9H16F3N3O2/c10-9(11,12)6-14-7(16)15-8(5-13)1-3-17-4-2-8/h1-6,13H2,(H2,14,15,16). The maximum atomic E-state index is 11.9. The predicted molar refractivity (Wildman–Crippen MR) is 54.4 cm³/mol. The fourth-order valence-corrected chi connectivity index (χ4v) is 1.61. The fourth-order valence-electron chi connectivity index (χ4n) is 1.61. The molecule has 0 aliphatic carbocycles. The van der Waals surface area contributed by atoms with Crippen LogP contribution in [-0.2, 0) is 4.74 Å². The second-order valence-corrected chi connectivity index (χ2v) is 4.02. The van der Waals surface area contributed by atoms with E-state index in [1.807, 2.05) is 0 Å². The van der Waals surface area contributed by atoms with Gasteiger partial charge < -0.3 is 21.1 Å². The van der Waals surface area contributed by atoms with E-state index in [1.54, 1.807) is 5.32 Å². The molecule has 0 radical (unpaired) electrons. The van der Waals surface area contributed by atoms with Gasteiger partial charge in [-0.05, 0) is 12.8 Å². The lowest BCUT2D eigenvalue weighted by Crippen LogP contribution is -2.59. The number of rotatable bonds is 3. The van der Waals surface area contributed by atoms with Crippen LogP contribution in [0.15, 0.2) is 0 Å². The van der Waals surface area contributed by atoms with Crippen molar-refractivity contribution in [3.63, 3.8) is 0 Å². The van der Waals surface area contributed by atoms with Gasteiger partial charge in [-0.25, -0.2) is 4.79 Å². The fraction of sp³-hybridized carbons (Fsp3) is 0.889. The van der Waals surface area contributed by atoms with Gasteiger partial charge in [0.25, 0.3) is 0 Å². The third-order valence-corrected chi connectivity index (χ3v) is 2.67. The number of carbonyl (C=O) groups is 1. The van der Waals surface area contributed by atoms with Gasteiger partial charge in [0.15, 0.2) is 0 Å². The van der Waals surface area contributed by atoms with E-state index in [1.165, 1.54) is 0 Å². The van der Waals surface area contributed by atoms with Gasteiger partial charge in [0.2, 0.25) is 0 Å². The van der Waals surface area contributed by atoms with Crippen LogP contribution in [0.5, 0.6) is 0 Å². The molecule has 4 N–H and O–H groups in total. The zero-order valence-corrected chi connectivity index (χ0v) is 9.27. The molecule has 1 saturated heterocycles. The number of halogens is 3. The summed E-state index contributed by atoms with van der Waals surface area (Å²) >= 11 is 0. The highest BCUT2D eigenvalue weighted by molar-refractivity contribution is 5.74. The zero-order valence-electron chi connectivity index (χ0n) is 9.27. The van der Waals surface area contributed by atoms with E-state index in [-0.39, 0.29) is 6.54 Å². The van der Waals surface area contributed by atoms with Crippen molar-refractivity contribution in [2.75, 3.05) is 26.3 Å². The van der Waals surface area contributed by atoms with E-state index in [2.05, 4.69) is 5.32 Å². The first-order valence-electron chi connectivity index (χ1n) is 5.27. The number of hydrogen-bond acceptors (Lipinski definition) is 3. The Kier molecular flexibility index (Phi) is 4.58. The molecule has 1 heterocycles. The van der Waals surface area contributed by atoms with Crippen molar-refractivity contribution >= 4 is 6.03 Å². The molecule has 5 nitrogen and oxygen atoms in total. The molecular formula is C9H16F3N3O2. The van der Waals surface area contributed by atoms with E-state index >= 15 is 0 Å². The normalized spacial score (nSPS) is 19.8. The monoisotopic (exact) mass is 255 g/mol. The van der Waals surface area contributed by atoms with Gasteiger partial charge in [-0.2, -0.15) is 13.2 Å². The lowest BCUT2D eigenvalue weighted by Gasteiger charge is -2.36. The van der Waals surface area contributed by atoms with E-state index < -0.39 is 24.3 Å². The molecule has 1 fully saturated rings. The Morgan fingerprint density at radius 3 is 2.41 bits per heavy atom. The van der Waals surface area contributed by atoms with Crippen LogP contribution in [0, 0.1) is 0 Å². The summed E-state index contributed by atoms with van der Waals surface area (Å²) in [5, 5.41) is 4.26. The summed E-state index contributed by atoms with van der Waals surface area (Å²) in [5.74, 6) is 0. The molecule has 1 aliphatic rings. The van der Waals surface area contributed by atoms with Crippen LogP contribution in [0.25, 0.3) is 0 Å². The van der Waals surface area contributed by atoms with Gasteiger partial charge >= 0.3 is 12.2 Å². The molecule has 0 bridgehead atoms. The van der Waals surface area contributed by atoms with Gasteiger partial charge in [0.05, 0.1) is 5.54 Å². The van der Waals surface area contributed by atoms with Crippen LogP contribution in [0.2, 0.25) is 0 Å². The van der Waals surface area contributed by atoms with E-state index in [0.29, 0.717) is 26.1 Å². The van der Waals surface area contributed by atoms with Crippen LogP contribution >= 0.6 is 0 Å². The predicted octanol–water partition coefficient (Wildman–Crippen LogP) is 0.356. The summed E-state index contributed by atoms with van der Waals surface area (Å²) in [6.45, 7) is -0.292. The van der Waals surface area contributed by atoms with Crippen LogP contribution < -0.4 is 16.4 Å². The molecule has 8 heteroatoms. The first-order chi connectivity index (χ1) is 7.87. The molecule has 0 aromatic carbocycles.